The highest BCUT2D eigenvalue weighted by molar-refractivity contribution is 6.35. The minimum Gasteiger partial charge on any atom is -0.381 e. The molecule has 0 aliphatic rings. The Kier molecular flexibility index (Phi) is 4.52. The summed E-state index contributed by atoms with van der Waals surface area (Å²) in [5.74, 6) is -0.570. The predicted molar refractivity (Wildman–Crippen MR) is 87.9 cm³/mol. The van der Waals surface area contributed by atoms with Crippen molar-refractivity contribution in [3.63, 3.8) is 0 Å². The van der Waals surface area contributed by atoms with E-state index in [0.717, 1.165) is 0 Å². The lowest BCUT2D eigenvalue weighted by Crippen LogP contribution is -2.15. The van der Waals surface area contributed by atoms with E-state index in [9.17, 15) is 8.78 Å². The van der Waals surface area contributed by atoms with Gasteiger partial charge < -0.3 is 10.6 Å². The van der Waals surface area contributed by atoms with E-state index in [1.54, 1.807) is 30.3 Å². The van der Waals surface area contributed by atoms with Gasteiger partial charge >= 0.3 is 0 Å². The third-order valence-corrected chi connectivity index (χ3v) is 3.59. The summed E-state index contributed by atoms with van der Waals surface area (Å²) in [7, 11) is 0. The Morgan fingerprint density at radius 1 is 1.00 bits per heavy atom. The number of anilines is 2. The number of fused-ring (bicyclic) bond motifs is 1. The first-order valence-corrected chi connectivity index (χ1v) is 7.36. The molecule has 0 bridgehead atoms. The quantitative estimate of drug-likeness (QED) is 0.545. The smallest absolute Gasteiger partial charge is 0.214 e. The normalized spacial score (nSPS) is 10.7. The van der Waals surface area contributed by atoms with Gasteiger partial charge in [0, 0.05) is 24.7 Å². The van der Waals surface area contributed by atoms with Crippen LogP contribution in [0, 0.1) is 11.8 Å². The molecule has 0 radical (unpaired) electrons. The Hall–Kier alpha value is -2.47. The molecule has 0 saturated carbocycles. The van der Waals surface area contributed by atoms with Gasteiger partial charge in [-0.2, -0.15) is 4.39 Å². The molecule has 23 heavy (non-hydrogen) atoms. The number of halogens is 3. The largest absolute Gasteiger partial charge is 0.381 e. The van der Waals surface area contributed by atoms with Crippen molar-refractivity contribution in [2.45, 2.75) is 0 Å². The van der Waals surface area contributed by atoms with Crippen LogP contribution in [0.3, 0.4) is 0 Å². The molecule has 4 nitrogen and oxygen atoms in total. The number of aromatic nitrogens is 2. The third kappa shape index (κ3) is 3.48. The zero-order valence-electron chi connectivity index (χ0n) is 12.0. The molecule has 3 rings (SSSR count). The first-order chi connectivity index (χ1) is 11.1. The molecule has 0 saturated heterocycles. The summed E-state index contributed by atoms with van der Waals surface area (Å²) >= 11 is 6.01. The van der Waals surface area contributed by atoms with Gasteiger partial charge in [-0.1, -0.05) is 17.7 Å². The average molecular weight is 335 g/mol. The van der Waals surface area contributed by atoms with Crippen LogP contribution < -0.4 is 10.6 Å². The van der Waals surface area contributed by atoms with Gasteiger partial charge in [-0.15, -0.1) is 0 Å². The van der Waals surface area contributed by atoms with Gasteiger partial charge in [-0.05, 0) is 30.3 Å². The van der Waals surface area contributed by atoms with Crippen LogP contribution in [-0.2, 0) is 0 Å². The van der Waals surface area contributed by atoms with E-state index in [2.05, 4.69) is 20.6 Å². The van der Waals surface area contributed by atoms with Crippen molar-refractivity contribution in [3.8, 4) is 0 Å². The van der Waals surface area contributed by atoms with Crippen molar-refractivity contribution in [3.05, 3.63) is 59.4 Å². The topological polar surface area (TPSA) is 49.8 Å². The first kappa shape index (κ1) is 15.4. The lowest BCUT2D eigenvalue weighted by molar-refractivity contribution is 0.585. The Labute approximate surface area is 136 Å². The number of hydrogen-bond acceptors (Lipinski definition) is 4. The second-order valence-electron chi connectivity index (χ2n) is 4.82. The van der Waals surface area contributed by atoms with E-state index < -0.39 is 11.8 Å². The van der Waals surface area contributed by atoms with Crippen LogP contribution in [0.2, 0.25) is 5.02 Å². The highest BCUT2D eigenvalue weighted by Crippen LogP contribution is 2.27. The second kappa shape index (κ2) is 6.75. The van der Waals surface area contributed by atoms with Gasteiger partial charge in [0.1, 0.15) is 11.3 Å². The molecule has 2 N–H and O–H groups in total. The number of rotatable bonds is 5. The summed E-state index contributed by atoms with van der Waals surface area (Å²) in [6, 6.07) is 9.45. The monoisotopic (exact) mass is 334 g/mol. The second-order valence-corrected chi connectivity index (χ2v) is 5.22. The molecule has 2 aromatic heterocycles. The van der Waals surface area contributed by atoms with Crippen LogP contribution in [-0.4, -0.2) is 23.1 Å². The lowest BCUT2D eigenvalue weighted by Gasteiger charge is -2.10. The fraction of sp³-hybridized carbons (Fsp3) is 0.125. The molecule has 0 aliphatic carbocycles. The zero-order valence-corrected chi connectivity index (χ0v) is 12.7. The summed E-state index contributed by atoms with van der Waals surface area (Å²) in [6.07, 6.45) is 1.47. The standard InChI is InChI=1S/C16H13ClF2N4/c17-11-6-7-22-16-10(11)4-5-12(15(16)19)20-8-9-21-14-3-1-2-13(18)23-14/h1-7,20H,8-9H2,(H,21,23). The van der Waals surface area contributed by atoms with Crippen molar-refractivity contribution in [2.24, 2.45) is 0 Å². The molecule has 118 valence electrons. The van der Waals surface area contributed by atoms with Crippen molar-refractivity contribution < 1.29 is 8.78 Å². The predicted octanol–water partition coefficient (Wildman–Crippen LogP) is 4.09. The SMILES string of the molecule is Fc1cccc(NCCNc2ccc3c(Cl)ccnc3c2F)n1. The summed E-state index contributed by atoms with van der Waals surface area (Å²) < 4.78 is 27.3. The van der Waals surface area contributed by atoms with Crippen LogP contribution in [0.25, 0.3) is 10.9 Å². The minimum absolute atomic E-state index is 0.224. The third-order valence-electron chi connectivity index (χ3n) is 3.26. The van der Waals surface area contributed by atoms with Crippen LogP contribution >= 0.6 is 11.6 Å². The molecule has 0 aliphatic heterocycles. The van der Waals surface area contributed by atoms with Crippen LogP contribution in [0.15, 0.2) is 42.6 Å². The number of nitrogens with zero attached hydrogens (tertiary/aromatic N) is 2. The summed E-state index contributed by atoms with van der Waals surface area (Å²) in [5.41, 5.74) is 0.559. The maximum absolute atomic E-state index is 14.4. The molecule has 3 aromatic rings. The maximum atomic E-state index is 14.4. The van der Waals surface area contributed by atoms with E-state index >= 15 is 0 Å². The number of pyridine rings is 2. The Balaban J connectivity index is 1.64. The molecule has 0 amide bonds. The average Bonchev–Trinajstić information content (AvgIpc) is 2.54. The molecular weight excluding hydrogens is 322 g/mol. The lowest BCUT2D eigenvalue weighted by atomic mass is 10.2. The Bertz CT molecular complexity index is 841. The number of nitrogens with one attached hydrogen (secondary N) is 2. The van der Waals surface area contributed by atoms with E-state index in [0.29, 0.717) is 35.0 Å². The summed E-state index contributed by atoms with van der Waals surface area (Å²) in [5, 5.41) is 6.94. The van der Waals surface area contributed by atoms with Crippen molar-refractivity contribution in [1.29, 1.82) is 0 Å². The molecular formula is C16H13ClF2N4. The highest BCUT2D eigenvalue weighted by atomic mass is 35.5. The fourth-order valence-electron chi connectivity index (χ4n) is 2.18. The summed E-state index contributed by atoms with van der Waals surface area (Å²) in [6.45, 7) is 0.887. The fourth-order valence-corrected chi connectivity index (χ4v) is 2.39. The van der Waals surface area contributed by atoms with Crippen molar-refractivity contribution in [1.82, 2.24) is 9.97 Å². The molecule has 0 spiro atoms. The van der Waals surface area contributed by atoms with E-state index in [1.807, 2.05) is 0 Å². The molecule has 7 heteroatoms. The molecule has 0 fully saturated rings. The van der Waals surface area contributed by atoms with Crippen LogP contribution in [0.1, 0.15) is 0 Å². The minimum atomic E-state index is -0.550. The van der Waals surface area contributed by atoms with Crippen molar-refractivity contribution >= 4 is 34.0 Å². The molecule has 0 unspecified atom stereocenters. The first-order valence-electron chi connectivity index (χ1n) is 6.98. The highest BCUT2D eigenvalue weighted by Gasteiger charge is 2.10. The molecule has 1 aromatic carbocycles. The summed E-state index contributed by atoms with van der Waals surface area (Å²) in [4.78, 5) is 7.70. The van der Waals surface area contributed by atoms with Gasteiger partial charge in [-0.3, -0.25) is 4.98 Å². The van der Waals surface area contributed by atoms with Crippen LogP contribution in [0.4, 0.5) is 20.3 Å². The van der Waals surface area contributed by atoms with E-state index in [-0.39, 0.29) is 5.52 Å². The Morgan fingerprint density at radius 2 is 1.83 bits per heavy atom. The number of benzene rings is 1. The maximum Gasteiger partial charge on any atom is 0.214 e. The van der Waals surface area contributed by atoms with Crippen molar-refractivity contribution in [2.75, 3.05) is 23.7 Å². The molecule has 2 heterocycles. The zero-order chi connectivity index (χ0) is 16.2. The van der Waals surface area contributed by atoms with E-state index in [4.69, 9.17) is 11.6 Å². The van der Waals surface area contributed by atoms with Gasteiger partial charge in [0.25, 0.3) is 0 Å². The number of hydrogen-bond donors (Lipinski definition) is 2. The van der Waals surface area contributed by atoms with Gasteiger partial charge in [0.15, 0.2) is 5.82 Å². The van der Waals surface area contributed by atoms with E-state index in [1.165, 1.54) is 12.3 Å². The van der Waals surface area contributed by atoms with Gasteiger partial charge in [0.05, 0.1) is 10.7 Å². The van der Waals surface area contributed by atoms with Crippen LogP contribution in [0.5, 0.6) is 0 Å². The molecule has 0 atom stereocenters. The van der Waals surface area contributed by atoms with Gasteiger partial charge in [0.2, 0.25) is 5.95 Å². The van der Waals surface area contributed by atoms with Gasteiger partial charge in [-0.25, -0.2) is 9.37 Å². The Morgan fingerprint density at radius 3 is 2.65 bits per heavy atom.